The van der Waals surface area contributed by atoms with E-state index in [2.05, 4.69) is 10.3 Å². The Morgan fingerprint density at radius 1 is 1.04 bits per heavy atom. The molecule has 1 fully saturated rings. The van der Waals surface area contributed by atoms with E-state index in [0.29, 0.717) is 38.2 Å². The molecule has 25 heavy (non-hydrogen) atoms. The van der Waals surface area contributed by atoms with Crippen LogP contribution in [-0.4, -0.2) is 45.2 Å². The molecule has 0 saturated carbocycles. The molecule has 2 heterocycles. The fourth-order valence-corrected chi connectivity index (χ4v) is 2.77. The van der Waals surface area contributed by atoms with E-state index in [1.54, 1.807) is 18.3 Å². The fourth-order valence-electron chi connectivity index (χ4n) is 2.77. The van der Waals surface area contributed by atoms with Gasteiger partial charge in [0.15, 0.2) is 0 Å². The zero-order chi connectivity index (χ0) is 17.6. The molecule has 0 aliphatic carbocycles. The quantitative estimate of drug-likeness (QED) is 0.871. The van der Waals surface area contributed by atoms with Crippen LogP contribution in [0.15, 0.2) is 48.7 Å². The lowest BCUT2D eigenvalue weighted by Crippen LogP contribution is -2.44. The topological polar surface area (TPSA) is 85.8 Å². The van der Waals surface area contributed by atoms with Gasteiger partial charge in [0.25, 0.3) is 5.91 Å². The van der Waals surface area contributed by atoms with Crippen molar-refractivity contribution in [2.24, 2.45) is 0 Å². The van der Waals surface area contributed by atoms with Gasteiger partial charge in [-0.1, -0.05) is 18.2 Å². The van der Waals surface area contributed by atoms with Crippen molar-refractivity contribution in [3.63, 3.8) is 0 Å². The second kappa shape index (κ2) is 7.76. The highest BCUT2D eigenvalue weighted by atomic mass is 16.4. The highest BCUT2D eigenvalue weighted by molar-refractivity contribution is 5.95. The molecule has 0 atom stereocenters. The number of carboxylic acid groups (broad SMARTS) is 1. The summed E-state index contributed by atoms with van der Waals surface area (Å²) in [4.78, 5) is 27.9. The molecule has 1 aromatic carbocycles. The van der Waals surface area contributed by atoms with Gasteiger partial charge in [-0.2, -0.15) is 0 Å². The third kappa shape index (κ3) is 4.13. The summed E-state index contributed by atoms with van der Waals surface area (Å²) in [7, 11) is 0. The number of amides is 2. The summed E-state index contributed by atoms with van der Waals surface area (Å²) in [6.07, 6.45) is 1.32. The van der Waals surface area contributed by atoms with Gasteiger partial charge >= 0.3 is 6.09 Å². The zero-order valence-corrected chi connectivity index (χ0v) is 13.8. The van der Waals surface area contributed by atoms with Gasteiger partial charge in [0.1, 0.15) is 0 Å². The van der Waals surface area contributed by atoms with Crippen molar-refractivity contribution in [1.29, 1.82) is 0 Å². The van der Waals surface area contributed by atoms with E-state index in [9.17, 15) is 9.59 Å². The van der Waals surface area contributed by atoms with Crippen molar-refractivity contribution < 1.29 is 14.7 Å². The average molecular weight is 340 g/mol. The number of nitrogens with zero attached hydrogens (tertiary/aromatic N) is 3. The molecule has 1 aliphatic rings. The number of nitrogens with one attached hydrogen (secondary N) is 1. The molecule has 0 spiro atoms. The van der Waals surface area contributed by atoms with Gasteiger partial charge < -0.3 is 10.4 Å². The molecule has 7 nitrogen and oxygen atoms in total. The largest absolute Gasteiger partial charge is 0.464 e. The van der Waals surface area contributed by atoms with Crippen LogP contribution in [0.5, 0.6) is 0 Å². The van der Waals surface area contributed by atoms with Crippen molar-refractivity contribution >= 4 is 12.0 Å². The third-order valence-corrected chi connectivity index (χ3v) is 4.05. The molecule has 0 radical (unpaired) electrons. The highest BCUT2D eigenvalue weighted by Crippen LogP contribution is 2.16. The second-order valence-corrected chi connectivity index (χ2v) is 5.81. The lowest BCUT2D eigenvalue weighted by Gasteiger charge is -2.25. The summed E-state index contributed by atoms with van der Waals surface area (Å²) in [5, 5.41) is 14.8. The van der Waals surface area contributed by atoms with Crippen LogP contribution in [0.2, 0.25) is 0 Å². The Balaban J connectivity index is 1.56. The average Bonchev–Trinajstić information content (AvgIpc) is 3.13. The molecule has 7 heteroatoms. The summed E-state index contributed by atoms with van der Waals surface area (Å²) in [5.41, 5.74) is 2.50. The molecule has 0 unspecified atom stereocenters. The lowest BCUT2D eigenvalue weighted by atomic mass is 10.1. The molecule has 1 aromatic heterocycles. The van der Waals surface area contributed by atoms with Crippen molar-refractivity contribution in [2.45, 2.75) is 19.5 Å². The third-order valence-electron chi connectivity index (χ3n) is 4.05. The molecule has 2 N–H and O–H groups in total. The predicted molar refractivity (Wildman–Crippen MR) is 91.6 cm³/mol. The maximum Gasteiger partial charge on any atom is 0.426 e. The minimum atomic E-state index is -1.10. The number of hydrogen-bond acceptors (Lipinski definition) is 4. The number of rotatable bonds is 5. The van der Waals surface area contributed by atoms with Crippen molar-refractivity contribution in [3.05, 3.63) is 65.5 Å². The molecule has 2 aromatic rings. The van der Waals surface area contributed by atoms with Crippen molar-refractivity contribution in [2.75, 3.05) is 13.1 Å². The van der Waals surface area contributed by atoms with Crippen LogP contribution in [-0.2, 0) is 13.1 Å². The Morgan fingerprint density at radius 3 is 2.48 bits per heavy atom. The van der Waals surface area contributed by atoms with Gasteiger partial charge in [-0.05, 0) is 36.2 Å². The van der Waals surface area contributed by atoms with Gasteiger partial charge in [0.05, 0.1) is 5.69 Å². The summed E-state index contributed by atoms with van der Waals surface area (Å²) in [5.74, 6) is -0.284. The van der Waals surface area contributed by atoms with E-state index in [1.807, 2.05) is 30.3 Å². The number of carbonyl (C=O) groups is 2. The molecule has 1 saturated heterocycles. The number of benzene rings is 1. The SMILES string of the molecule is O=C(O)N1CCCN1C(=O)c1ccc(CNCc2ccccn2)cc1. The van der Waals surface area contributed by atoms with E-state index in [-0.39, 0.29) is 5.91 Å². The normalized spacial score (nSPS) is 13.9. The van der Waals surface area contributed by atoms with Gasteiger partial charge in [0, 0.05) is 37.9 Å². The summed E-state index contributed by atoms with van der Waals surface area (Å²) in [6, 6.07) is 13.0. The van der Waals surface area contributed by atoms with Crippen LogP contribution < -0.4 is 5.32 Å². The minimum Gasteiger partial charge on any atom is -0.464 e. The number of hydrazine groups is 1. The smallest absolute Gasteiger partial charge is 0.426 e. The van der Waals surface area contributed by atoms with E-state index in [4.69, 9.17) is 5.11 Å². The van der Waals surface area contributed by atoms with E-state index in [0.717, 1.165) is 16.3 Å². The summed E-state index contributed by atoms with van der Waals surface area (Å²) in [6.45, 7) is 2.12. The first-order valence-corrected chi connectivity index (χ1v) is 8.17. The summed E-state index contributed by atoms with van der Waals surface area (Å²) < 4.78 is 0. The van der Waals surface area contributed by atoms with E-state index < -0.39 is 6.09 Å². The summed E-state index contributed by atoms with van der Waals surface area (Å²) >= 11 is 0. The molecule has 3 rings (SSSR count). The van der Waals surface area contributed by atoms with Crippen LogP contribution in [0.3, 0.4) is 0 Å². The van der Waals surface area contributed by atoms with Crippen LogP contribution in [0, 0.1) is 0 Å². The Labute approximate surface area is 145 Å². The van der Waals surface area contributed by atoms with Gasteiger partial charge in [-0.3, -0.25) is 9.78 Å². The monoisotopic (exact) mass is 340 g/mol. The Hall–Kier alpha value is -2.93. The zero-order valence-electron chi connectivity index (χ0n) is 13.8. The number of aromatic nitrogens is 1. The van der Waals surface area contributed by atoms with Gasteiger partial charge in [-0.25, -0.2) is 14.8 Å². The minimum absolute atomic E-state index is 0.284. The number of carbonyl (C=O) groups excluding carboxylic acids is 1. The molecule has 1 aliphatic heterocycles. The van der Waals surface area contributed by atoms with E-state index in [1.165, 1.54) is 5.01 Å². The molecule has 130 valence electrons. The first kappa shape index (κ1) is 16.9. The molecule has 2 amide bonds. The Kier molecular flexibility index (Phi) is 5.25. The van der Waals surface area contributed by atoms with Crippen LogP contribution >= 0.6 is 0 Å². The van der Waals surface area contributed by atoms with E-state index >= 15 is 0 Å². The standard InChI is InChI=1S/C18H20N4O3/c23-17(21-10-3-11-22(21)18(24)25)15-7-5-14(6-8-15)12-19-13-16-4-1-2-9-20-16/h1-2,4-9,19H,3,10-13H2,(H,24,25). The molecule has 0 bridgehead atoms. The van der Waals surface area contributed by atoms with Gasteiger partial charge in [-0.15, -0.1) is 0 Å². The van der Waals surface area contributed by atoms with Crippen LogP contribution in [0.4, 0.5) is 4.79 Å². The predicted octanol–water partition coefficient (Wildman–Crippen LogP) is 2.11. The van der Waals surface area contributed by atoms with Crippen LogP contribution in [0.25, 0.3) is 0 Å². The number of hydrogen-bond donors (Lipinski definition) is 2. The lowest BCUT2D eigenvalue weighted by molar-refractivity contribution is 0.0246. The van der Waals surface area contributed by atoms with Gasteiger partial charge in [0.2, 0.25) is 0 Å². The fraction of sp³-hybridized carbons (Fsp3) is 0.278. The first-order valence-electron chi connectivity index (χ1n) is 8.17. The number of pyridine rings is 1. The maximum atomic E-state index is 12.5. The van der Waals surface area contributed by atoms with Crippen molar-refractivity contribution in [3.8, 4) is 0 Å². The highest BCUT2D eigenvalue weighted by Gasteiger charge is 2.30. The Bertz CT molecular complexity index is 734. The first-order chi connectivity index (χ1) is 12.1. The maximum absolute atomic E-state index is 12.5. The molecular formula is C18H20N4O3. The Morgan fingerprint density at radius 2 is 1.80 bits per heavy atom. The van der Waals surface area contributed by atoms with Crippen molar-refractivity contribution in [1.82, 2.24) is 20.3 Å². The second-order valence-electron chi connectivity index (χ2n) is 5.81. The van der Waals surface area contributed by atoms with Crippen LogP contribution in [0.1, 0.15) is 28.0 Å². The molecular weight excluding hydrogens is 320 g/mol.